The van der Waals surface area contributed by atoms with Crippen molar-refractivity contribution < 1.29 is 9.47 Å². The summed E-state index contributed by atoms with van der Waals surface area (Å²) < 4.78 is 10.8. The van der Waals surface area contributed by atoms with E-state index in [4.69, 9.17) is 21.7 Å². The van der Waals surface area contributed by atoms with E-state index in [-0.39, 0.29) is 0 Å². The second kappa shape index (κ2) is 8.88. The summed E-state index contributed by atoms with van der Waals surface area (Å²) in [7, 11) is 1.61. The van der Waals surface area contributed by atoms with Gasteiger partial charge in [-0.05, 0) is 62.0 Å². The molecule has 2 aromatic carbocycles. The van der Waals surface area contributed by atoms with Gasteiger partial charge in [-0.1, -0.05) is 17.7 Å². The molecule has 0 amide bonds. The summed E-state index contributed by atoms with van der Waals surface area (Å²) in [6.45, 7) is 4.53. The number of hydrazone groups is 1. The number of thiocarbonyl (C=S) groups is 1. The van der Waals surface area contributed by atoms with Crippen LogP contribution in [0.2, 0.25) is 0 Å². The van der Waals surface area contributed by atoms with Crippen molar-refractivity contribution in [2.75, 3.05) is 19.0 Å². The summed E-state index contributed by atoms with van der Waals surface area (Å²) in [5.74, 6) is 1.38. The van der Waals surface area contributed by atoms with E-state index in [1.54, 1.807) is 13.3 Å². The van der Waals surface area contributed by atoms with Crippen LogP contribution < -0.4 is 20.2 Å². The second-order valence-electron chi connectivity index (χ2n) is 5.03. The highest BCUT2D eigenvalue weighted by Crippen LogP contribution is 2.27. The smallest absolute Gasteiger partial charge is 0.191 e. The summed E-state index contributed by atoms with van der Waals surface area (Å²) >= 11 is 5.21. The van der Waals surface area contributed by atoms with Crippen molar-refractivity contribution >= 4 is 29.2 Å². The first kappa shape index (κ1) is 17.7. The molecule has 2 rings (SSSR count). The normalized spacial score (nSPS) is 10.5. The quantitative estimate of drug-likeness (QED) is 0.476. The molecule has 0 aliphatic heterocycles. The monoisotopic (exact) mass is 343 g/mol. The number of anilines is 1. The molecule has 0 atom stereocenters. The molecule has 6 heteroatoms. The predicted molar refractivity (Wildman–Crippen MR) is 102 cm³/mol. The molecule has 0 aliphatic rings. The third-order valence-electron chi connectivity index (χ3n) is 3.18. The van der Waals surface area contributed by atoms with Crippen LogP contribution in [0, 0.1) is 6.92 Å². The number of methoxy groups -OCH3 is 1. The van der Waals surface area contributed by atoms with Crippen LogP contribution in [0.15, 0.2) is 47.6 Å². The number of hydrogen-bond acceptors (Lipinski definition) is 4. The predicted octanol–water partition coefficient (Wildman–Crippen LogP) is 3.72. The second-order valence-corrected chi connectivity index (χ2v) is 5.44. The fourth-order valence-electron chi connectivity index (χ4n) is 2.00. The molecule has 0 spiro atoms. The molecule has 0 heterocycles. The topological polar surface area (TPSA) is 54.9 Å². The number of benzene rings is 2. The van der Waals surface area contributed by atoms with Crippen molar-refractivity contribution in [1.29, 1.82) is 0 Å². The molecular formula is C18H21N3O2S. The number of hydrogen-bond donors (Lipinski definition) is 2. The van der Waals surface area contributed by atoms with Crippen molar-refractivity contribution in [3.8, 4) is 11.5 Å². The van der Waals surface area contributed by atoms with Gasteiger partial charge in [-0.2, -0.15) is 5.10 Å². The third-order valence-corrected chi connectivity index (χ3v) is 3.37. The van der Waals surface area contributed by atoms with E-state index in [0.29, 0.717) is 23.2 Å². The fraction of sp³-hybridized carbons (Fsp3) is 0.222. The maximum absolute atomic E-state index is 5.54. The highest BCUT2D eigenvalue weighted by molar-refractivity contribution is 7.80. The van der Waals surface area contributed by atoms with Gasteiger partial charge in [0.2, 0.25) is 0 Å². The van der Waals surface area contributed by atoms with Gasteiger partial charge in [-0.3, -0.25) is 5.43 Å². The van der Waals surface area contributed by atoms with Gasteiger partial charge in [0.1, 0.15) is 0 Å². The summed E-state index contributed by atoms with van der Waals surface area (Å²) in [5.41, 5.74) is 5.78. The average Bonchev–Trinajstić information content (AvgIpc) is 2.57. The summed E-state index contributed by atoms with van der Waals surface area (Å²) in [4.78, 5) is 0. The molecule has 0 radical (unpaired) electrons. The van der Waals surface area contributed by atoms with Gasteiger partial charge in [0.25, 0.3) is 0 Å². The number of aryl methyl sites for hydroxylation is 1. The lowest BCUT2D eigenvalue weighted by atomic mass is 10.2. The lowest BCUT2D eigenvalue weighted by Crippen LogP contribution is -2.23. The molecule has 0 bridgehead atoms. The largest absolute Gasteiger partial charge is 0.493 e. The molecule has 5 nitrogen and oxygen atoms in total. The Labute approximate surface area is 147 Å². The Bertz CT molecular complexity index is 715. The minimum absolute atomic E-state index is 0.425. The fourth-order valence-corrected chi connectivity index (χ4v) is 2.17. The maximum atomic E-state index is 5.54. The van der Waals surface area contributed by atoms with Crippen molar-refractivity contribution in [3.05, 3.63) is 53.6 Å². The van der Waals surface area contributed by atoms with Gasteiger partial charge >= 0.3 is 0 Å². The molecule has 2 aromatic rings. The first-order valence-electron chi connectivity index (χ1n) is 7.60. The number of nitrogens with zero attached hydrogens (tertiary/aromatic N) is 1. The van der Waals surface area contributed by atoms with Crippen molar-refractivity contribution in [3.63, 3.8) is 0 Å². The summed E-state index contributed by atoms with van der Waals surface area (Å²) in [5, 5.41) is 7.63. The Kier molecular flexibility index (Phi) is 6.57. The number of rotatable bonds is 6. The summed E-state index contributed by atoms with van der Waals surface area (Å²) in [6, 6.07) is 13.6. The maximum Gasteiger partial charge on any atom is 0.191 e. The number of ether oxygens (including phenoxy) is 2. The van der Waals surface area contributed by atoms with Crippen LogP contribution in [0.25, 0.3) is 0 Å². The molecule has 0 aromatic heterocycles. The Hall–Kier alpha value is -2.60. The SMILES string of the molecule is CCOc1cc(/C=N\NC(=S)Nc2ccc(C)cc2)ccc1OC. The molecule has 0 fully saturated rings. The van der Waals surface area contributed by atoms with Crippen LogP contribution in [0.4, 0.5) is 5.69 Å². The van der Waals surface area contributed by atoms with E-state index in [9.17, 15) is 0 Å². The van der Waals surface area contributed by atoms with Gasteiger partial charge in [0, 0.05) is 5.69 Å². The molecule has 2 N–H and O–H groups in total. The Morgan fingerprint density at radius 2 is 1.92 bits per heavy atom. The van der Waals surface area contributed by atoms with E-state index in [2.05, 4.69) is 15.8 Å². The lowest BCUT2D eigenvalue weighted by Gasteiger charge is -2.09. The first-order chi connectivity index (χ1) is 11.6. The van der Waals surface area contributed by atoms with Crippen LogP contribution in [-0.2, 0) is 0 Å². The zero-order valence-electron chi connectivity index (χ0n) is 14.0. The third kappa shape index (κ3) is 5.24. The molecule has 0 aliphatic carbocycles. The molecule has 0 unspecified atom stereocenters. The zero-order valence-corrected chi connectivity index (χ0v) is 14.8. The molecular weight excluding hydrogens is 322 g/mol. The van der Waals surface area contributed by atoms with Crippen LogP contribution in [0.1, 0.15) is 18.1 Å². The van der Waals surface area contributed by atoms with E-state index in [0.717, 1.165) is 11.3 Å². The van der Waals surface area contributed by atoms with Crippen LogP contribution in [0.5, 0.6) is 11.5 Å². The highest BCUT2D eigenvalue weighted by Gasteiger charge is 2.04. The Morgan fingerprint density at radius 1 is 1.17 bits per heavy atom. The van der Waals surface area contributed by atoms with E-state index in [1.165, 1.54) is 5.56 Å². The van der Waals surface area contributed by atoms with Crippen molar-refractivity contribution in [2.24, 2.45) is 5.10 Å². The Balaban J connectivity index is 1.94. The van der Waals surface area contributed by atoms with Crippen LogP contribution in [-0.4, -0.2) is 25.0 Å². The van der Waals surface area contributed by atoms with Gasteiger partial charge in [0.15, 0.2) is 16.6 Å². The highest BCUT2D eigenvalue weighted by atomic mass is 32.1. The minimum atomic E-state index is 0.425. The molecule has 126 valence electrons. The average molecular weight is 343 g/mol. The standard InChI is InChI=1S/C18H21N3O2S/c1-4-23-17-11-14(7-10-16(17)22-3)12-19-21-18(24)20-15-8-5-13(2)6-9-15/h5-12H,4H2,1-3H3,(H2,20,21,24)/b19-12-. The number of nitrogens with one attached hydrogen (secondary N) is 2. The molecule has 0 saturated carbocycles. The van der Waals surface area contributed by atoms with Gasteiger partial charge in [-0.15, -0.1) is 0 Å². The van der Waals surface area contributed by atoms with E-state index < -0.39 is 0 Å². The first-order valence-corrected chi connectivity index (χ1v) is 8.00. The van der Waals surface area contributed by atoms with Gasteiger partial charge < -0.3 is 14.8 Å². The van der Waals surface area contributed by atoms with Crippen molar-refractivity contribution in [2.45, 2.75) is 13.8 Å². The van der Waals surface area contributed by atoms with Gasteiger partial charge in [-0.25, -0.2) is 0 Å². The molecule has 24 heavy (non-hydrogen) atoms. The zero-order chi connectivity index (χ0) is 17.4. The van der Waals surface area contributed by atoms with Crippen LogP contribution >= 0.6 is 12.2 Å². The summed E-state index contributed by atoms with van der Waals surface area (Å²) in [6.07, 6.45) is 1.67. The Morgan fingerprint density at radius 3 is 2.58 bits per heavy atom. The lowest BCUT2D eigenvalue weighted by molar-refractivity contribution is 0.311. The minimum Gasteiger partial charge on any atom is -0.493 e. The molecule has 0 saturated heterocycles. The van der Waals surface area contributed by atoms with E-state index in [1.807, 2.05) is 56.3 Å². The van der Waals surface area contributed by atoms with E-state index >= 15 is 0 Å². The van der Waals surface area contributed by atoms with Gasteiger partial charge in [0.05, 0.1) is 19.9 Å². The van der Waals surface area contributed by atoms with Crippen LogP contribution in [0.3, 0.4) is 0 Å². The van der Waals surface area contributed by atoms with Crippen molar-refractivity contribution in [1.82, 2.24) is 5.43 Å².